The lowest BCUT2D eigenvalue weighted by Crippen LogP contribution is -2.09. The number of benzene rings is 8. The number of halogens is 3. The number of para-hydroxylation sites is 2. The fourth-order valence-electron chi connectivity index (χ4n) is 8.45. The molecule has 0 unspecified atom stereocenters. The Balaban J connectivity index is 1.32. The van der Waals surface area contributed by atoms with E-state index in [2.05, 4.69) is 83.1 Å². The van der Waals surface area contributed by atoms with Gasteiger partial charge in [-0.2, -0.15) is 13.2 Å². The van der Waals surface area contributed by atoms with Crippen LogP contribution in [0.3, 0.4) is 0 Å². The van der Waals surface area contributed by atoms with E-state index in [4.69, 9.17) is 6.57 Å². The molecule has 0 atom stereocenters. The van der Waals surface area contributed by atoms with Gasteiger partial charge in [0, 0.05) is 21.5 Å². The quantitative estimate of drug-likeness (QED) is 0.156. The first-order chi connectivity index (χ1) is 27.8. The highest BCUT2D eigenvalue weighted by molar-refractivity contribution is 6.13. The predicted molar refractivity (Wildman–Crippen MR) is 227 cm³/mol. The van der Waals surface area contributed by atoms with Crippen molar-refractivity contribution in [1.82, 2.24) is 9.13 Å². The minimum atomic E-state index is -4.63. The Labute approximate surface area is 326 Å². The molecule has 8 aromatic carbocycles. The molecule has 0 aliphatic rings. The average molecular weight is 744 g/mol. The molecule has 10 rings (SSSR count). The highest BCUT2D eigenvalue weighted by Gasteiger charge is 2.35. The van der Waals surface area contributed by atoms with E-state index in [0.29, 0.717) is 16.9 Å². The van der Waals surface area contributed by atoms with Gasteiger partial charge in [-0.3, -0.25) is 0 Å². The van der Waals surface area contributed by atoms with Crippen LogP contribution >= 0.6 is 0 Å². The molecule has 0 radical (unpaired) electrons. The number of rotatable bonds is 5. The predicted octanol–water partition coefficient (Wildman–Crippen LogP) is 14.8. The van der Waals surface area contributed by atoms with Crippen molar-refractivity contribution in [1.29, 1.82) is 0 Å². The van der Waals surface area contributed by atoms with E-state index < -0.39 is 11.7 Å². The van der Waals surface area contributed by atoms with E-state index in [9.17, 15) is 13.2 Å². The van der Waals surface area contributed by atoms with Crippen molar-refractivity contribution in [3.8, 4) is 44.8 Å². The summed E-state index contributed by atoms with van der Waals surface area (Å²) in [7, 11) is 0. The second-order valence-electron chi connectivity index (χ2n) is 14.4. The zero-order valence-electron chi connectivity index (χ0n) is 30.7. The summed E-state index contributed by atoms with van der Waals surface area (Å²) in [6, 6.07) is 56.3. The number of aryl methyl sites for hydroxylation is 1. The van der Waals surface area contributed by atoms with Crippen LogP contribution in [0, 0.1) is 13.5 Å². The molecule has 0 bridgehead atoms. The standard InChI is InChI=1S/C51H32F3N3/c1-32-20-22-34(23-21-32)36-24-27-46-41(31-36)38-15-7-10-18-44(38)56(46)48-29-26-40(37-14-6-9-17-43(37)51(52,53)54)50(49(48)55-2)57-45-19-11-8-16-39(45)42-30-35(25-28-47(42)57)33-12-4-3-5-13-33/h3-31H,1H3. The number of fused-ring (bicyclic) bond motifs is 6. The van der Waals surface area contributed by atoms with Crippen LogP contribution in [-0.2, 0) is 6.18 Å². The van der Waals surface area contributed by atoms with E-state index in [0.717, 1.165) is 71.9 Å². The molecule has 2 aromatic heterocycles. The highest BCUT2D eigenvalue weighted by atomic mass is 19.4. The molecule has 0 N–H and O–H groups in total. The lowest BCUT2D eigenvalue weighted by molar-refractivity contribution is -0.137. The van der Waals surface area contributed by atoms with Crippen LogP contribution in [0.5, 0.6) is 0 Å². The molecule has 0 amide bonds. The van der Waals surface area contributed by atoms with Crippen molar-refractivity contribution in [2.75, 3.05) is 0 Å². The monoisotopic (exact) mass is 743 g/mol. The lowest BCUT2D eigenvalue weighted by Gasteiger charge is -2.22. The molecule has 0 saturated heterocycles. The van der Waals surface area contributed by atoms with E-state index in [1.807, 2.05) is 77.4 Å². The van der Waals surface area contributed by atoms with Crippen LogP contribution in [0.15, 0.2) is 176 Å². The molecule has 6 heteroatoms. The van der Waals surface area contributed by atoms with Gasteiger partial charge >= 0.3 is 6.18 Å². The fraction of sp³-hybridized carbons (Fsp3) is 0.0392. The van der Waals surface area contributed by atoms with Gasteiger partial charge in [0.25, 0.3) is 0 Å². The molecule has 272 valence electrons. The van der Waals surface area contributed by atoms with Crippen LogP contribution in [0.4, 0.5) is 18.9 Å². The van der Waals surface area contributed by atoms with Crippen LogP contribution in [-0.4, -0.2) is 9.13 Å². The first kappa shape index (κ1) is 34.2. The highest BCUT2D eigenvalue weighted by Crippen LogP contribution is 2.48. The third kappa shape index (κ3) is 5.50. The number of aromatic nitrogens is 2. The normalized spacial score (nSPS) is 11.8. The summed E-state index contributed by atoms with van der Waals surface area (Å²) in [5.41, 5.74) is 9.53. The Morgan fingerprint density at radius 2 is 0.965 bits per heavy atom. The maximum atomic E-state index is 14.9. The second kappa shape index (κ2) is 13.1. The molecule has 0 aliphatic carbocycles. The smallest absolute Gasteiger partial charge is 0.319 e. The van der Waals surface area contributed by atoms with Gasteiger partial charge in [-0.15, -0.1) is 0 Å². The van der Waals surface area contributed by atoms with Crippen molar-refractivity contribution in [2.24, 2.45) is 0 Å². The minimum absolute atomic E-state index is 0.00764. The third-order valence-corrected chi connectivity index (χ3v) is 11.1. The lowest BCUT2D eigenvalue weighted by atomic mass is 9.95. The van der Waals surface area contributed by atoms with Gasteiger partial charge in [0.2, 0.25) is 5.69 Å². The van der Waals surface area contributed by atoms with E-state index in [-0.39, 0.29) is 11.3 Å². The number of hydrogen-bond donors (Lipinski definition) is 0. The molecule has 0 spiro atoms. The third-order valence-electron chi connectivity index (χ3n) is 11.1. The largest absolute Gasteiger partial charge is 0.417 e. The van der Waals surface area contributed by atoms with Gasteiger partial charge in [0.15, 0.2) is 0 Å². The summed E-state index contributed by atoms with van der Waals surface area (Å²) >= 11 is 0. The van der Waals surface area contributed by atoms with Gasteiger partial charge in [-0.1, -0.05) is 133 Å². The fourth-order valence-corrected chi connectivity index (χ4v) is 8.45. The first-order valence-electron chi connectivity index (χ1n) is 18.7. The molecule has 2 heterocycles. The Kier molecular flexibility index (Phi) is 7.88. The molecule has 3 nitrogen and oxygen atoms in total. The first-order valence-corrected chi connectivity index (χ1v) is 18.7. The van der Waals surface area contributed by atoms with Gasteiger partial charge in [-0.25, -0.2) is 4.85 Å². The van der Waals surface area contributed by atoms with E-state index in [1.165, 1.54) is 17.7 Å². The average Bonchev–Trinajstić information content (AvgIpc) is 3.75. The molecular formula is C51H32F3N3. The Morgan fingerprint density at radius 3 is 1.60 bits per heavy atom. The maximum Gasteiger partial charge on any atom is 0.417 e. The van der Waals surface area contributed by atoms with E-state index in [1.54, 1.807) is 18.2 Å². The van der Waals surface area contributed by atoms with Crippen LogP contribution in [0.2, 0.25) is 0 Å². The SMILES string of the molecule is [C-]#[N+]c1c(-n2c3ccccc3c3cc(-c4ccc(C)cc4)ccc32)ccc(-c2ccccc2C(F)(F)F)c1-n1c2ccccc2c2cc(-c3ccccc3)ccc21. The maximum absolute atomic E-state index is 14.9. The number of nitrogens with zero attached hydrogens (tertiary/aromatic N) is 3. The van der Waals surface area contributed by atoms with Crippen LogP contribution in [0.1, 0.15) is 11.1 Å². The van der Waals surface area contributed by atoms with E-state index >= 15 is 0 Å². The summed E-state index contributed by atoms with van der Waals surface area (Å²) in [5.74, 6) is 0. The zero-order valence-corrected chi connectivity index (χ0v) is 30.7. The van der Waals surface area contributed by atoms with Crippen molar-refractivity contribution >= 4 is 49.3 Å². The molecule has 0 aliphatic heterocycles. The Hall–Kier alpha value is -7.36. The van der Waals surface area contributed by atoms with Gasteiger partial charge in [0.05, 0.1) is 45.6 Å². The van der Waals surface area contributed by atoms with Gasteiger partial charge in [-0.05, 0) is 88.8 Å². The minimum Gasteiger partial charge on any atom is -0.319 e. The molecule has 0 saturated carbocycles. The summed E-state index contributed by atoms with van der Waals surface area (Å²) in [4.78, 5) is 4.25. The van der Waals surface area contributed by atoms with Crippen LogP contribution in [0.25, 0.3) is 93.2 Å². The van der Waals surface area contributed by atoms with Crippen molar-refractivity contribution in [3.05, 3.63) is 198 Å². The summed E-state index contributed by atoms with van der Waals surface area (Å²) in [5, 5.41) is 3.89. The molecule has 10 aromatic rings. The van der Waals surface area contributed by atoms with Crippen molar-refractivity contribution in [3.63, 3.8) is 0 Å². The Bertz CT molecular complexity index is 3230. The van der Waals surface area contributed by atoms with Crippen LogP contribution < -0.4 is 0 Å². The second-order valence-corrected chi connectivity index (χ2v) is 14.4. The van der Waals surface area contributed by atoms with Crippen molar-refractivity contribution < 1.29 is 13.2 Å². The Morgan fingerprint density at radius 1 is 0.456 bits per heavy atom. The number of alkyl halides is 3. The summed E-state index contributed by atoms with van der Waals surface area (Å²) in [6.45, 7) is 11.0. The van der Waals surface area contributed by atoms with Gasteiger partial charge in [0.1, 0.15) is 0 Å². The molecule has 0 fully saturated rings. The molecular weight excluding hydrogens is 712 g/mol. The zero-order chi connectivity index (χ0) is 38.8. The topological polar surface area (TPSA) is 14.2 Å². The van der Waals surface area contributed by atoms with Crippen molar-refractivity contribution in [2.45, 2.75) is 13.1 Å². The summed E-state index contributed by atoms with van der Waals surface area (Å²) in [6.07, 6.45) is -4.63. The van der Waals surface area contributed by atoms with Gasteiger partial charge < -0.3 is 9.13 Å². The number of hydrogen-bond acceptors (Lipinski definition) is 0. The summed E-state index contributed by atoms with van der Waals surface area (Å²) < 4.78 is 48.6. The molecule has 57 heavy (non-hydrogen) atoms.